The molecule has 1 atom stereocenters. The second-order valence-corrected chi connectivity index (χ2v) is 5.10. The Hall–Kier alpha value is -1.37. The van der Waals surface area contributed by atoms with E-state index in [1.54, 1.807) is 6.92 Å². The van der Waals surface area contributed by atoms with E-state index in [1.807, 2.05) is 0 Å². The van der Waals surface area contributed by atoms with Gasteiger partial charge in [-0.1, -0.05) is 11.6 Å². The van der Waals surface area contributed by atoms with Crippen LogP contribution in [0.25, 0.3) is 0 Å². The van der Waals surface area contributed by atoms with Crippen LogP contribution in [0.4, 0.5) is 19.0 Å². The topological polar surface area (TPSA) is 46.1 Å². The van der Waals surface area contributed by atoms with Crippen LogP contribution in [0.15, 0.2) is 0 Å². The highest BCUT2D eigenvalue weighted by molar-refractivity contribution is 6.32. The maximum Gasteiger partial charge on any atom is 0.393 e. The van der Waals surface area contributed by atoms with Crippen molar-refractivity contribution in [1.29, 1.82) is 0 Å². The molecule has 20 heavy (non-hydrogen) atoms. The zero-order valence-electron chi connectivity index (χ0n) is 10.7. The SMILES string of the molecule is Cc1nc(Cl)c(C=O)c(N2CCCC(C(F)(F)F)C2)n1. The molecule has 1 aliphatic rings. The number of carbonyl (C=O) groups is 1. The Morgan fingerprint density at radius 2 is 2.10 bits per heavy atom. The maximum absolute atomic E-state index is 12.8. The summed E-state index contributed by atoms with van der Waals surface area (Å²) in [6.07, 6.45) is -3.28. The highest BCUT2D eigenvalue weighted by Crippen LogP contribution is 2.35. The number of carbonyl (C=O) groups excluding carboxylic acids is 1. The van der Waals surface area contributed by atoms with Gasteiger partial charge in [0.1, 0.15) is 16.8 Å². The molecular formula is C12H13ClF3N3O. The number of aryl methyl sites for hydroxylation is 1. The van der Waals surface area contributed by atoms with Crippen LogP contribution >= 0.6 is 11.6 Å². The minimum atomic E-state index is -4.24. The van der Waals surface area contributed by atoms with E-state index in [0.29, 0.717) is 25.1 Å². The van der Waals surface area contributed by atoms with E-state index in [-0.39, 0.29) is 29.5 Å². The first-order valence-corrected chi connectivity index (χ1v) is 6.51. The summed E-state index contributed by atoms with van der Waals surface area (Å²) in [5.74, 6) is -0.902. The van der Waals surface area contributed by atoms with Crippen molar-refractivity contribution in [1.82, 2.24) is 9.97 Å². The minimum Gasteiger partial charge on any atom is -0.355 e. The van der Waals surface area contributed by atoms with Gasteiger partial charge in [0.05, 0.1) is 11.5 Å². The smallest absolute Gasteiger partial charge is 0.355 e. The lowest BCUT2D eigenvalue weighted by atomic mass is 9.97. The molecule has 8 heteroatoms. The predicted molar refractivity (Wildman–Crippen MR) is 68.2 cm³/mol. The molecule has 0 saturated carbocycles. The van der Waals surface area contributed by atoms with Gasteiger partial charge >= 0.3 is 6.18 Å². The number of nitrogens with zero attached hydrogens (tertiary/aromatic N) is 3. The molecule has 0 spiro atoms. The second-order valence-electron chi connectivity index (χ2n) is 4.74. The fraction of sp³-hybridized carbons (Fsp3) is 0.583. The van der Waals surface area contributed by atoms with Gasteiger partial charge in [-0.25, -0.2) is 9.97 Å². The number of aldehydes is 1. The molecule has 0 N–H and O–H groups in total. The van der Waals surface area contributed by atoms with Crippen molar-refractivity contribution < 1.29 is 18.0 Å². The largest absolute Gasteiger partial charge is 0.393 e. The van der Waals surface area contributed by atoms with E-state index in [0.717, 1.165) is 0 Å². The average molecular weight is 308 g/mol. The van der Waals surface area contributed by atoms with E-state index in [2.05, 4.69) is 9.97 Å². The molecule has 0 aliphatic carbocycles. The normalized spacial score (nSPS) is 20.1. The number of alkyl halides is 3. The number of hydrogen-bond donors (Lipinski definition) is 0. The van der Waals surface area contributed by atoms with E-state index >= 15 is 0 Å². The van der Waals surface area contributed by atoms with Crippen molar-refractivity contribution in [3.8, 4) is 0 Å². The molecular weight excluding hydrogens is 295 g/mol. The Balaban J connectivity index is 2.34. The number of piperidine rings is 1. The fourth-order valence-electron chi connectivity index (χ4n) is 2.31. The molecule has 0 amide bonds. The Morgan fingerprint density at radius 1 is 1.40 bits per heavy atom. The van der Waals surface area contributed by atoms with Gasteiger partial charge in [-0.2, -0.15) is 13.2 Å². The number of halogens is 4. The molecule has 1 aliphatic heterocycles. The second kappa shape index (κ2) is 5.55. The van der Waals surface area contributed by atoms with Crippen LogP contribution in [0.3, 0.4) is 0 Å². The first-order chi connectivity index (χ1) is 9.32. The fourth-order valence-corrected chi connectivity index (χ4v) is 2.56. The lowest BCUT2D eigenvalue weighted by Gasteiger charge is -2.35. The molecule has 1 saturated heterocycles. The third-order valence-electron chi connectivity index (χ3n) is 3.29. The van der Waals surface area contributed by atoms with Crippen LogP contribution in [0.5, 0.6) is 0 Å². The molecule has 2 rings (SSSR count). The third kappa shape index (κ3) is 3.03. The molecule has 110 valence electrons. The van der Waals surface area contributed by atoms with Gasteiger partial charge in [-0.3, -0.25) is 4.79 Å². The maximum atomic E-state index is 12.8. The molecule has 0 bridgehead atoms. The highest BCUT2D eigenvalue weighted by Gasteiger charge is 2.42. The van der Waals surface area contributed by atoms with Crippen molar-refractivity contribution >= 4 is 23.7 Å². The van der Waals surface area contributed by atoms with Gasteiger partial charge in [0, 0.05) is 13.1 Å². The zero-order chi connectivity index (χ0) is 14.9. The molecule has 1 fully saturated rings. The van der Waals surface area contributed by atoms with Gasteiger partial charge in [-0.15, -0.1) is 0 Å². The van der Waals surface area contributed by atoms with Crippen molar-refractivity contribution in [3.63, 3.8) is 0 Å². The highest BCUT2D eigenvalue weighted by atomic mass is 35.5. The van der Waals surface area contributed by atoms with Crippen LogP contribution < -0.4 is 4.90 Å². The Bertz CT molecular complexity index is 521. The van der Waals surface area contributed by atoms with Gasteiger partial charge in [0.15, 0.2) is 6.29 Å². The molecule has 0 radical (unpaired) electrons. The summed E-state index contributed by atoms with van der Waals surface area (Å²) in [5, 5.41) is -0.0309. The molecule has 1 aromatic rings. The Morgan fingerprint density at radius 3 is 2.70 bits per heavy atom. The average Bonchev–Trinajstić information content (AvgIpc) is 2.37. The lowest BCUT2D eigenvalue weighted by molar-refractivity contribution is -0.176. The van der Waals surface area contributed by atoms with Crippen molar-refractivity contribution in [2.24, 2.45) is 5.92 Å². The number of aromatic nitrogens is 2. The van der Waals surface area contributed by atoms with Crippen molar-refractivity contribution in [2.75, 3.05) is 18.0 Å². The summed E-state index contributed by atoms with van der Waals surface area (Å²) in [4.78, 5) is 20.5. The number of rotatable bonds is 2. The van der Waals surface area contributed by atoms with Crippen LogP contribution in [-0.2, 0) is 0 Å². The van der Waals surface area contributed by atoms with Gasteiger partial charge < -0.3 is 4.90 Å². The molecule has 2 heterocycles. The lowest BCUT2D eigenvalue weighted by Crippen LogP contribution is -2.42. The first-order valence-electron chi connectivity index (χ1n) is 6.14. The van der Waals surface area contributed by atoms with Gasteiger partial charge in [0.25, 0.3) is 0 Å². The summed E-state index contributed by atoms with van der Waals surface area (Å²) in [7, 11) is 0. The zero-order valence-corrected chi connectivity index (χ0v) is 11.5. The third-order valence-corrected chi connectivity index (χ3v) is 3.58. The van der Waals surface area contributed by atoms with Gasteiger partial charge in [-0.05, 0) is 19.8 Å². The standard InChI is InChI=1S/C12H13ClF3N3O/c1-7-17-10(13)9(6-20)11(18-7)19-4-2-3-8(5-19)12(14,15)16/h6,8H,2-5H2,1H3. The molecule has 1 aromatic heterocycles. The predicted octanol–water partition coefficient (Wildman–Crippen LogP) is 3.03. The van der Waals surface area contributed by atoms with Gasteiger partial charge in [0.2, 0.25) is 0 Å². The van der Waals surface area contributed by atoms with Crippen LogP contribution in [0, 0.1) is 12.8 Å². The van der Waals surface area contributed by atoms with E-state index in [4.69, 9.17) is 11.6 Å². The first kappa shape index (κ1) is 15.0. The number of hydrogen-bond acceptors (Lipinski definition) is 4. The van der Waals surface area contributed by atoms with Crippen LogP contribution in [0.1, 0.15) is 29.0 Å². The van der Waals surface area contributed by atoms with E-state index in [1.165, 1.54) is 4.90 Å². The minimum absolute atomic E-state index is 0.0309. The molecule has 1 unspecified atom stereocenters. The molecule has 4 nitrogen and oxygen atoms in total. The number of anilines is 1. The summed E-state index contributed by atoms with van der Waals surface area (Å²) < 4.78 is 38.4. The Labute approximate surface area is 119 Å². The van der Waals surface area contributed by atoms with Crippen LogP contribution in [0.2, 0.25) is 5.15 Å². The summed E-state index contributed by atoms with van der Waals surface area (Å²) in [6.45, 7) is 1.78. The Kier molecular flexibility index (Phi) is 4.17. The molecule has 0 aromatic carbocycles. The van der Waals surface area contributed by atoms with Crippen LogP contribution in [-0.4, -0.2) is 35.5 Å². The van der Waals surface area contributed by atoms with E-state index in [9.17, 15) is 18.0 Å². The monoisotopic (exact) mass is 307 g/mol. The van der Waals surface area contributed by atoms with Crippen molar-refractivity contribution in [2.45, 2.75) is 25.9 Å². The van der Waals surface area contributed by atoms with Crippen molar-refractivity contribution in [3.05, 3.63) is 16.5 Å². The quantitative estimate of drug-likeness (QED) is 0.622. The summed E-state index contributed by atoms with van der Waals surface area (Å²) in [5.41, 5.74) is 0.0418. The summed E-state index contributed by atoms with van der Waals surface area (Å²) >= 11 is 5.85. The summed E-state index contributed by atoms with van der Waals surface area (Å²) in [6, 6.07) is 0. The van der Waals surface area contributed by atoms with E-state index < -0.39 is 12.1 Å².